The van der Waals surface area contributed by atoms with Gasteiger partial charge in [-0.25, -0.2) is 4.79 Å². The Labute approximate surface area is 223 Å². The zero-order valence-electron chi connectivity index (χ0n) is 20.1. The maximum atomic E-state index is 11.6. The molecule has 1 aliphatic rings. The van der Waals surface area contributed by atoms with Crippen molar-refractivity contribution in [2.45, 2.75) is 32.9 Å². The van der Waals surface area contributed by atoms with E-state index < -0.39 is 5.97 Å². The molecule has 2 N–H and O–H groups in total. The number of carboxylic acids is 1. The highest BCUT2D eigenvalue weighted by atomic mass is 79.9. The van der Waals surface area contributed by atoms with Gasteiger partial charge in [0.25, 0.3) is 0 Å². The first-order chi connectivity index (χ1) is 17.3. The van der Waals surface area contributed by atoms with Crippen LogP contribution in [0.15, 0.2) is 77.4 Å². The van der Waals surface area contributed by atoms with E-state index in [-0.39, 0.29) is 17.6 Å². The summed E-state index contributed by atoms with van der Waals surface area (Å²) in [5.74, 6) is -0.947. The fraction of sp³-hybridized carbons (Fsp3) is 0.179. The molecule has 0 spiro atoms. The molecule has 1 aliphatic heterocycles. The van der Waals surface area contributed by atoms with Crippen LogP contribution in [0.4, 0.5) is 5.69 Å². The van der Waals surface area contributed by atoms with Crippen molar-refractivity contribution in [1.29, 1.82) is 0 Å². The Morgan fingerprint density at radius 1 is 1.03 bits per heavy atom. The lowest BCUT2D eigenvalue weighted by Crippen LogP contribution is -2.29. The number of thiocarbonyl (C=S) groups is 1. The Morgan fingerprint density at radius 2 is 1.83 bits per heavy atom. The first kappa shape index (κ1) is 24.2. The smallest absolute Gasteiger partial charge is 0.335 e. The molecular formula is C28H25BrN4O2S. The van der Waals surface area contributed by atoms with Crippen LogP contribution in [-0.2, 0) is 0 Å². The van der Waals surface area contributed by atoms with Gasteiger partial charge in [-0.2, -0.15) is 0 Å². The monoisotopic (exact) mass is 560 g/mol. The van der Waals surface area contributed by atoms with Gasteiger partial charge in [-0.1, -0.05) is 28.1 Å². The summed E-state index contributed by atoms with van der Waals surface area (Å²) in [5.41, 5.74) is 7.20. The summed E-state index contributed by atoms with van der Waals surface area (Å²) in [5, 5.41) is 13.7. The van der Waals surface area contributed by atoms with Gasteiger partial charge in [0.05, 0.1) is 23.3 Å². The zero-order valence-corrected chi connectivity index (χ0v) is 22.5. The van der Waals surface area contributed by atoms with E-state index >= 15 is 0 Å². The summed E-state index contributed by atoms with van der Waals surface area (Å²) in [6.07, 6.45) is 1.80. The van der Waals surface area contributed by atoms with Crippen molar-refractivity contribution in [2.24, 2.45) is 0 Å². The fourth-order valence-corrected chi connectivity index (χ4v) is 5.58. The lowest BCUT2D eigenvalue weighted by Gasteiger charge is -2.28. The number of halogens is 1. The van der Waals surface area contributed by atoms with E-state index in [0.717, 1.165) is 44.1 Å². The fourth-order valence-electron chi connectivity index (χ4n) is 4.99. The maximum Gasteiger partial charge on any atom is 0.335 e. The normalized spacial score (nSPS) is 17.3. The molecule has 0 saturated carbocycles. The first-order valence-corrected chi connectivity index (χ1v) is 12.8. The lowest BCUT2D eigenvalue weighted by molar-refractivity contribution is 0.0697. The number of hydrogen-bond donors (Lipinski definition) is 2. The van der Waals surface area contributed by atoms with Crippen molar-refractivity contribution >= 4 is 44.9 Å². The van der Waals surface area contributed by atoms with E-state index in [9.17, 15) is 9.90 Å². The zero-order chi connectivity index (χ0) is 25.6. The number of carbonyl (C=O) groups is 1. The molecule has 8 heteroatoms. The Balaban J connectivity index is 1.68. The van der Waals surface area contributed by atoms with Crippen LogP contribution in [-0.4, -0.2) is 25.7 Å². The van der Waals surface area contributed by atoms with Crippen molar-refractivity contribution in [3.8, 4) is 5.69 Å². The third-order valence-electron chi connectivity index (χ3n) is 6.66. The number of aryl methyl sites for hydroxylation is 2. The summed E-state index contributed by atoms with van der Waals surface area (Å²) < 4.78 is 3.14. The van der Waals surface area contributed by atoms with Gasteiger partial charge in [0, 0.05) is 33.4 Å². The molecule has 36 heavy (non-hydrogen) atoms. The largest absolute Gasteiger partial charge is 0.478 e. The molecule has 2 aromatic heterocycles. The number of nitrogens with one attached hydrogen (secondary N) is 1. The predicted octanol–water partition coefficient (Wildman–Crippen LogP) is 6.44. The number of anilines is 1. The van der Waals surface area contributed by atoms with Crippen LogP contribution >= 0.6 is 28.1 Å². The quantitative estimate of drug-likeness (QED) is 0.274. The standard InChI is InChI=1S/C28H25BrN4O2S/c1-16-13-21(10-11-23(16)29)33-26(25(31-28(33)36)24-9-4-5-12-30-24)22-14-17(2)32(18(22)3)20-8-6-7-19(15-20)27(34)35/h4-15,25-26H,1-3H3,(H,31,36)(H,34,35)/t25-,26+/m0/s1. The van der Waals surface area contributed by atoms with E-state index in [1.54, 1.807) is 24.4 Å². The molecule has 0 unspecified atom stereocenters. The highest BCUT2D eigenvalue weighted by Gasteiger charge is 2.42. The number of rotatable bonds is 5. The average molecular weight is 562 g/mol. The highest BCUT2D eigenvalue weighted by Crippen LogP contribution is 2.44. The Hall–Kier alpha value is -3.49. The van der Waals surface area contributed by atoms with E-state index in [4.69, 9.17) is 12.2 Å². The number of pyridine rings is 1. The second-order valence-corrected chi connectivity index (χ2v) is 10.2. The van der Waals surface area contributed by atoms with Crippen molar-refractivity contribution < 1.29 is 9.90 Å². The van der Waals surface area contributed by atoms with Gasteiger partial charge in [-0.05, 0) is 98.7 Å². The number of aromatic nitrogens is 2. The molecule has 1 fully saturated rings. The number of carboxylic acid groups (broad SMARTS) is 1. The number of nitrogens with zero attached hydrogens (tertiary/aromatic N) is 3. The van der Waals surface area contributed by atoms with Crippen LogP contribution in [0.2, 0.25) is 0 Å². The Kier molecular flexibility index (Phi) is 6.40. The summed E-state index contributed by atoms with van der Waals surface area (Å²) in [6.45, 7) is 6.17. The third kappa shape index (κ3) is 4.20. The van der Waals surface area contributed by atoms with E-state index in [1.807, 2.05) is 37.3 Å². The third-order valence-corrected chi connectivity index (χ3v) is 7.86. The van der Waals surface area contributed by atoms with E-state index in [1.165, 1.54) is 0 Å². The van der Waals surface area contributed by atoms with Crippen LogP contribution in [0.1, 0.15) is 50.7 Å². The average Bonchev–Trinajstić information content (AvgIpc) is 3.36. The molecule has 5 rings (SSSR count). The molecule has 2 atom stereocenters. The van der Waals surface area contributed by atoms with Crippen LogP contribution < -0.4 is 10.2 Å². The second kappa shape index (κ2) is 9.52. The van der Waals surface area contributed by atoms with Crippen LogP contribution in [0.25, 0.3) is 5.69 Å². The van der Waals surface area contributed by atoms with Gasteiger partial charge >= 0.3 is 5.97 Å². The minimum Gasteiger partial charge on any atom is -0.478 e. The molecule has 2 aromatic carbocycles. The second-order valence-electron chi connectivity index (χ2n) is 8.95. The van der Waals surface area contributed by atoms with Crippen molar-refractivity contribution in [3.05, 3.63) is 111 Å². The summed E-state index contributed by atoms with van der Waals surface area (Å²) in [4.78, 5) is 18.4. The molecular weight excluding hydrogens is 536 g/mol. The van der Waals surface area contributed by atoms with Gasteiger partial charge in [-0.15, -0.1) is 0 Å². The molecule has 1 saturated heterocycles. The SMILES string of the molecule is Cc1cc(N2C(=S)N[C@@H](c3ccccn3)[C@H]2c2cc(C)n(-c3cccc(C(=O)O)c3)c2C)ccc1Br. The molecule has 4 aromatic rings. The van der Waals surface area contributed by atoms with Crippen molar-refractivity contribution in [2.75, 3.05) is 4.90 Å². The number of hydrogen-bond acceptors (Lipinski definition) is 3. The molecule has 0 radical (unpaired) electrons. The summed E-state index contributed by atoms with van der Waals surface area (Å²) in [6, 6.07) is 21.0. The van der Waals surface area contributed by atoms with Crippen LogP contribution in [0, 0.1) is 20.8 Å². The summed E-state index contributed by atoms with van der Waals surface area (Å²) in [7, 11) is 0. The van der Waals surface area contributed by atoms with Gasteiger partial charge in [-0.3, -0.25) is 4.98 Å². The van der Waals surface area contributed by atoms with Crippen molar-refractivity contribution in [1.82, 2.24) is 14.9 Å². The van der Waals surface area contributed by atoms with Gasteiger partial charge in [0.2, 0.25) is 0 Å². The van der Waals surface area contributed by atoms with Gasteiger partial charge in [0.1, 0.15) is 0 Å². The summed E-state index contributed by atoms with van der Waals surface area (Å²) >= 11 is 9.48. The molecule has 0 bridgehead atoms. The van der Waals surface area contributed by atoms with Gasteiger partial charge < -0.3 is 19.9 Å². The van der Waals surface area contributed by atoms with Crippen molar-refractivity contribution in [3.63, 3.8) is 0 Å². The van der Waals surface area contributed by atoms with E-state index in [0.29, 0.717) is 5.11 Å². The number of aromatic carboxylic acids is 1. The van der Waals surface area contributed by atoms with E-state index in [2.05, 4.69) is 67.7 Å². The Bertz CT molecular complexity index is 1480. The minimum atomic E-state index is -0.947. The predicted molar refractivity (Wildman–Crippen MR) is 149 cm³/mol. The minimum absolute atomic E-state index is 0.157. The molecule has 0 amide bonds. The highest BCUT2D eigenvalue weighted by molar-refractivity contribution is 9.10. The topological polar surface area (TPSA) is 70.4 Å². The maximum absolute atomic E-state index is 11.6. The molecule has 0 aliphatic carbocycles. The first-order valence-electron chi connectivity index (χ1n) is 11.6. The molecule has 6 nitrogen and oxygen atoms in total. The number of benzene rings is 2. The van der Waals surface area contributed by atoms with Crippen LogP contribution in [0.5, 0.6) is 0 Å². The van der Waals surface area contributed by atoms with Gasteiger partial charge in [0.15, 0.2) is 5.11 Å². The molecule has 3 heterocycles. The lowest BCUT2D eigenvalue weighted by atomic mass is 9.96. The molecule has 182 valence electrons. The van der Waals surface area contributed by atoms with Crippen LogP contribution in [0.3, 0.4) is 0 Å². The Morgan fingerprint density at radius 3 is 2.53 bits per heavy atom.